The summed E-state index contributed by atoms with van der Waals surface area (Å²) in [7, 11) is 0. The first kappa shape index (κ1) is 9.45. The fourth-order valence-electron chi connectivity index (χ4n) is 0.806. The van der Waals surface area contributed by atoms with Crippen LogP contribution in [0, 0.1) is 0 Å². The van der Waals surface area contributed by atoms with Crippen LogP contribution in [0.2, 0.25) is 0 Å². The highest BCUT2D eigenvalue weighted by atomic mass is 16.5. The molecule has 0 N–H and O–H groups in total. The largest absolute Gasteiger partial charge is 0.492 e. The van der Waals surface area contributed by atoms with Crippen molar-refractivity contribution < 1.29 is 4.74 Å². The van der Waals surface area contributed by atoms with Crippen molar-refractivity contribution in [3.05, 3.63) is 48.8 Å². The number of hydrogen-bond acceptors (Lipinski definition) is 3. The molecule has 0 saturated carbocycles. The van der Waals surface area contributed by atoms with Gasteiger partial charge in [0.2, 0.25) is 0 Å². The normalized spacial score (nSPS) is 11.0. The van der Waals surface area contributed by atoms with E-state index in [0.29, 0.717) is 6.61 Å². The Balaban J connectivity index is 2.44. The van der Waals surface area contributed by atoms with Crippen molar-refractivity contribution in [3.8, 4) is 0 Å². The van der Waals surface area contributed by atoms with Gasteiger partial charge < -0.3 is 4.74 Å². The summed E-state index contributed by atoms with van der Waals surface area (Å²) in [5.74, 6) is 0.820. The molecule has 0 aliphatic heterocycles. The monoisotopic (exact) mass is 176 g/mol. The lowest BCUT2D eigenvalue weighted by atomic mass is 10.4. The highest BCUT2D eigenvalue weighted by molar-refractivity contribution is 5.02. The maximum absolute atomic E-state index is 5.36. The van der Waals surface area contributed by atoms with Crippen molar-refractivity contribution in [2.45, 2.75) is 13.5 Å². The zero-order valence-electron chi connectivity index (χ0n) is 7.60. The second-order valence-corrected chi connectivity index (χ2v) is 2.50. The van der Waals surface area contributed by atoms with Gasteiger partial charge >= 0.3 is 0 Å². The highest BCUT2D eigenvalue weighted by Crippen LogP contribution is 2.01. The van der Waals surface area contributed by atoms with Gasteiger partial charge in [0.1, 0.15) is 6.61 Å². The molecule has 0 radical (unpaired) electrons. The van der Waals surface area contributed by atoms with Crippen molar-refractivity contribution in [1.29, 1.82) is 0 Å². The summed E-state index contributed by atoms with van der Waals surface area (Å²) < 4.78 is 5.36. The average Bonchev–Trinajstić information content (AvgIpc) is 2.17. The van der Waals surface area contributed by atoms with E-state index in [1.54, 1.807) is 30.7 Å². The molecule has 0 saturated heterocycles. The molecule has 13 heavy (non-hydrogen) atoms. The van der Waals surface area contributed by atoms with Crippen molar-refractivity contribution in [2.24, 2.45) is 0 Å². The molecule has 0 bridgehead atoms. The van der Waals surface area contributed by atoms with Crippen LogP contribution in [0.4, 0.5) is 0 Å². The number of allylic oxidation sites excluding steroid dienone is 3. The average molecular weight is 176 g/mol. The summed E-state index contributed by atoms with van der Waals surface area (Å²) in [4.78, 5) is 8.00. The maximum atomic E-state index is 5.36. The van der Waals surface area contributed by atoms with Gasteiger partial charge in [0, 0.05) is 12.4 Å². The molecule has 0 fully saturated rings. The number of aromatic nitrogens is 2. The number of ether oxygens (including phenoxy) is 1. The molecule has 1 aromatic heterocycles. The molecule has 0 aliphatic carbocycles. The molecule has 0 unspecified atom stereocenters. The third kappa shape index (κ3) is 3.51. The van der Waals surface area contributed by atoms with Crippen LogP contribution in [0.15, 0.2) is 43.1 Å². The third-order valence-electron chi connectivity index (χ3n) is 1.42. The number of rotatable bonds is 4. The van der Waals surface area contributed by atoms with E-state index in [4.69, 9.17) is 4.74 Å². The number of nitrogens with zero attached hydrogens (tertiary/aromatic N) is 2. The Labute approximate surface area is 77.8 Å². The van der Waals surface area contributed by atoms with E-state index in [0.717, 1.165) is 11.5 Å². The van der Waals surface area contributed by atoms with Crippen molar-refractivity contribution >= 4 is 0 Å². The quantitative estimate of drug-likeness (QED) is 0.520. The third-order valence-corrected chi connectivity index (χ3v) is 1.42. The number of hydrogen-bond donors (Lipinski definition) is 0. The highest BCUT2D eigenvalue weighted by Gasteiger charge is 1.93. The zero-order valence-corrected chi connectivity index (χ0v) is 7.60. The summed E-state index contributed by atoms with van der Waals surface area (Å²) >= 11 is 0. The summed E-state index contributed by atoms with van der Waals surface area (Å²) in [5.41, 5.74) is 0.819. The zero-order chi connectivity index (χ0) is 9.52. The van der Waals surface area contributed by atoms with Crippen LogP contribution in [-0.2, 0) is 11.3 Å². The molecule has 0 aliphatic rings. The minimum absolute atomic E-state index is 0.448. The van der Waals surface area contributed by atoms with E-state index >= 15 is 0 Å². The Morgan fingerprint density at radius 3 is 3.08 bits per heavy atom. The van der Waals surface area contributed by atoms with Crippen LogP contribution in [0.1, 0.15) is 12.6 Å². The molecule has 1 rings (SSSR count). The van der Waals surface area contributed by atoms with E-state index in [1.807, 2.05) is 6.92 Å². The van der Waals surface area contributed by atoms with E-state index in [2.05, 4.69) is 16.5 Å². The van der Waals surface area contributed by atoms with Gasteiger partial charge in [0.15, 0.2) is 0 Å². The summed E-state index contributed by atoms with van der Waals surface area (Å²) in [6.45, 7) is 5.89. The van der Waals surface area contributed by atoms with Crippen LogP contribution in [-0.4, -0.2) is 9.97 Å². The van der Waals surface area contributed by atoms with Gasteiger partial charge in [-0.25, -0.2) is 0 Å². The van der Waals surface area contributed by atoms with Crippen molar-refractivity contribution in [2.75, 3.05) is 0 Å². The van der Waals surface area contributed by atoms with Gasteiger partial charge in [-0.1, -0.05) is 12.7 Å². The summed E-state index contributed by atoms with van der Waals surface area (Å²) in [5, 5.41) is 0. The topological polar surface area (TPSA) is 35.0 Å². The Hall–Kier alpha value is -1.64. The molecule has 1 heterocycles. The molecule has 68 valence electrons. The standard InChI is InChI=1S/C10H12N2O/c1-3-4-9(2)13-8-10-7-11-5-6-12-10/h3-7H,1,8H2,2H3/b9-4+. The molecule has 0 aromatic carbocycles. The van der Waals surface area contributed by atoms with Gasteiger partial charge in [-0.2, -0.15) is 0 Å². The van der Waals surface area contributed by atoms with Gasteiger partial charge in [-0.15, -0.1) is 0 Å². The minimum atomic E-state index is 0.448. The second-order valence-electron chi connectivity index (χ2n) is 2.50. The van der Waals surface area contributed by atoms with Crippen LogP contribution in [0.3, 0.4) is 0 Å². The van der Waals surface area contributed by atoms with Gasteiger partial charge in [-0.05, 0) is 13.0 Å². The first-order chi connectivity index (χ1) is 6.33. The molecule has 0 amide bonds. The van der Waals surface area contributed by atoms with Crippen LogP contribution >= 0.6 is 0 Å². The van der Waals surface area contributed by atoms with E-state index in [-0.39, 0.29) is 0 Å². The lowest BCUT2D eigenvalue weighted by Gasteiger charge is -2.03. The van der Waals surface area contributed by atoms with E-state index in [9.17, 15) is 0 Å². The van der Waals surface area contributed by atoms with Gasteiger partial charge in [-0.3, -0.25) is 9.97 Å². The predicted octanol–water partition coefficient (Wildman–Crippen LogP) is 2.08. The molecular weight excluding hydrogens is 164 g/mol. The minimum Gasteiger partial charge on any atom is -0.492 e. The maximum Gasteiger partial charge on any atom is 0.131 e. The lowest BCUT2D eigenvalue weighted by molar-refractivity contribution is 0.197. The Morgan fingerprint density at radius 1 is 1.62 bits per heavy atom. The van der Waals surface area contributed by atoms with Gasteiger partial charge in [0.05, 0.1) is 17.6 Å². The van der Waals surface area contributed by atoms with Crippen LogP contribution in [0.5, 0.6) is 0 Å². The molecule has 0 spiro atoms. The predicted molar refractivity (Wildman–Crippen MR) is 50.8 cm³/mol. The van der Waals surface area contributed by atoms with E-state index < -0.39 is 0 Å². The molecule has 0 atom stereocenters. The Kier molecular flexibility index (Phi) is 3.70. The molecule has 3 nitrogen and oxygen atoms in total. The lowest BCUT2D eigenvalue weighted by Crippen LogP contribution is -1.94. The Morgan fingerprint density at radius 2 is 2.46 bits per heavy atom. The van der Waals surface area contributed by atoms with Crippen LogP contribution in [0.25, 0.3) is 0 Å². The van der Waals surface area contributed by atoms with Gasteiger partial charge in [0.25, 0.3) is 0 Å². The smallest absolute Gasteiger partial charge is 0.131 e. The van der Waals surface area contributed by atoms with Crippen LogP contribution < -0.4 is 0 Å². The second kappa shape index (κ2) is 5.09. The first-order valence-corrected chi connectivity index (χ1v) is 4.00. The molecule has 3 heteroatoms. The first-order valence-electron chi connectivity index (χ1n) is 4.00. The molecule has 1 aromatic rings. The fraction of sp³-hybridized carbons (Fsp3) is 0.200. The Bertz CT molecular complexity index is 293. The SMILES string of the molecule is C=C/C=C(\C)OCc1cnccn1. The summed E-state index contributed by atoms with van der Waals surface area (Å²) in [6.07, 6.45) is 8.45. The van der Waals surface area contributed by atoms with Crippen molar-refractivity contribution in [1.82, 2.24) is 9.97 Å². The fourth-order valence-corrected chi connectivity index (χ4v) is 0.806. The van der Waals surface area contributed by atoms with E-state index in [1.165, 1.54) is 0 Å². The molecular formula is C10H12N2O. The van der Waals surface area contributed by atoms with Crippen molar-refractivity contribution in [3.63, 3.8) is 0 Å². The summed E-state index contributed by atoms with van der Waals surface area (Å²) in [6, 6.07) is 0.